The Hall–Kier alpha value is -2.39. The van der Waals surface area contributed by atoms with Crippen LogP contribution in [0.25, 0.3) is 0 Å². The smallest absolute Gasteiger partial charge is 0.234 e. The highest BCUT2D eigenvalue weighted by molar-refractivity contribution is 8.14. The highest BCUT2D eigenvalue weighted by Gasteiger charge is 2.47. The topological polar surface area (TPSA) is 78.8 Å². The lowest BCUT2D eigenvalue weighted by atomic mass is 10.1. The van der Waals surface area contributed by atoms with E-state index in [-0.39, 0.29) is 28.9 Å². The predicted molar refractivity (Wildman–Crippen MR) is 120 cm³/mol. The Labute approximate surface area is 179 Å². The normalized spacial score (nSPS) is 22.0. The van der Waals surface area contributed by atoms with Crippen molar-refractivity contribution in [2.45, 2.75) is 25.9 Å². The Morgan fingerprint density at radius 2 is 1.87 bits per heavy atom. The number of rotatable bonds is 4. The SMILES string of the molecule is Cc1cccc(C)c1NC(=O)CSC1=N[C@H]2CS(=O)(=O)C[C@H]2N1c1ccccc1F. The molecule has 6 nitrogen and oxygen atoms in total. The number of anilines is 2. The van der Waals surface area contributed by atoms with Gasteiger partial charge in [0.25, 0.3) is 0 Å². The number of aliphatic imine (C=N–C) groups is 1. The molecule has 2 aromatic carbocycles. The Morgan fingerprint density at radius 1 is 1.17 bits per heavy atom. The quantitative estimate of drug-likeness (QED) is 0.779. The summed E-state index contributed by atoms with van der Waals surface area (Å²) < 4.78 is 38.7. The molecule has 0 bridgehead atoms. The van der Waals surface area contributed by atoms with Gasteiger partial charge in [-0.25, -0.2) is 12.8 Å². The van der Waals surface area contributed by atoms with Crippen LogP contribution in [-0.4, -0.2) is 48.8 Å². The number of benzene rings is 2. The maximum absolute atomic E-state index is 14.5. The molecule has 1 fully saturated rings. The second kappa shape index (κ2) is 8.03. The molecule has 2 aromatic rings. The van der Waals surface area contributed by atoms with E-state index in [4.69, 9.17) is 0 Å². The number of carbonyl (C=O) groups excluding carboxylic acids is 1. The second-order valence-electron chi connectivity index (χ2n) is 7.55. The molecule has 1 saturated heterocycles. The summed E-state index contributed by atoms with van der Waals surface area (Å²) in [5.41, 5.74) is 3.01. The van der Waals surface area contributed by atoms with Crippen molar-refractivity contribution in [1.82, 2.24) is 0 Å². The number of nitrogens with one attached hydrogen (secondary N) is 1. The van der Waals surface area contributed by atoms with E-state index in [0.717, 1.165) is 16.8 Å². The Balaban J connectivity index is 1.53. The molecule has 0 saturated carbocycles. The molecule has 0 aliphatic carbocycles. The first-order chi connectivity index (χ1) is 14.2. The monoisotopic (exact) mass is 447 g/mol. The lowest BCUT2D eigenvalue weighted by Crippen LogP contribution is -2.40. The van der Waals surface area contributed by atoms with E-state index in [1.165, 1.54) is 17.8 Å². The van der Waals surface area contributed by atoms with Gasteiger partial charge in [-0.3, -0.25) is 9.79 Å². The average molecular weight is 448 g/mol. The molecule has 2 aliphatic heterocycles. The fraction of sp³-hybridized carbons (Fsp3) is 0.333. The molecule has 1 N–H and O–H groups in total. The van der Waals surface area contributed by atoms with Crippen LogP contribution in [0.1, 0.15) is 11.1 Å². The minimum absolute atomic E-state index is 0.0543. The van der Waals surface area contributed by atoms with Gasteiger partial charge in [0.1, 0.15) is 5.82 Å². The number of amidine groups is 1. The Kier molecular flexibility index (Phi) is 5.59. The van der Waals surface area contributed by atoms with Gasteiger partial charge in [0.2, 0.25) is 5.91 Å². The van der Waals surface area contributed by atoms with Crippen molar-refractivity contribution in [3.05, 3.63) is 59.4 Å². The first-order valence-electron chi connectivity index (χ1n) is 9.56. The zero-order chi connectivity index (χ0) is 21.5. The maximum atomic E-state index is 14.5. The number of halogens is 1. The largest absolute Gasteiger partial charge is 0.325 e. The van der Waals surface area contributed by atoms with Gasteiger partial charge in [-0.2, -0.15) is 0 Å². The highest BCUT2D eigenvalue weighted by atomic mass is 32.2. The molecule has 0 spiro atoms. The van der Waals surface area contributed by atoms with Crippen molar-refractivity contribution in [1.29, 1.82) is 0 Å². The summed E-state index contributed by atoms with van der Waals surface area (Å²) in [6.45, 7) is 3.86. The molecule has 0 radical (unpaired) electrons. The number of hydrogen-bond acceptors (Lipinski definition) is 6. The third kappa shape index (κ3) is 4.09. The summed E-state index contributed by atoms with van der Waals surface area (Å²) in [4.78, 5) is 18.7. The number of nitrogens with zero attached hydrogens (tertiary/aromatic N) is 2. The van der Waals surface area contributed by atoms with Crippen LogP contribution in [0.4, 0.5) is 15.8 Å². The van der Waals surface area contributed by atoms with E-state index < -0.39 is 27.7 Å². The molecule has 4 rings (SSSR count). The van der Waals surface area contributed by atoms with Gasteiger partial charge in [-0.15, -0.1) is 0 Å². The summed E-state index contributed by atoms with van der Waals surface area (Å²) in [7, 11) is -3.22. The van der Waals surface area contributed by atoms with E-state index in [2.05, 4.69) is 10.3 Å². The van der Waals surface area contributed by atoms with Gasteiger partial charge in [-0.1, -0.05) is 42.1 Å². The van der Waals surface area contributed by atoms with Crippen molar-refractivity contribution < 1.29 is 17.6 Å². The van der Waals surface area contributed by atoms with Gasteiger partial charge in [0, 0.05) is 5.69 Å². The summed E-state index contributed by atoms with van der Waals surface area (Å²) >= 11 is 1.19. The first-order valence-corrected chi connectivity index (χ1v) is 12.4. The predicted octanol–water partition coefficient (Wildman–Crippen LogP) is 3.16. The minimum atomic E-state index is -3.22. The lowest BCUT2D eigenvalue weighted by molar-refractivity contribution is -0.113. The van der Waals surface area contributed by atoms with Gasteiger partial charge in [-0.05, 0) is 37.1 Å². The first kappa shape index (κ1) is 20.9. The lowest BCUT2D eigenvalue weighted by Gasteiger charge is -2.26. The number of sulfone groups is 1. The molecule has 9 heteroatoms. The van der Waals surface area contributed by atoms with Crippen LogP contribution in [0.5, 0.6) is 0 Å². The fourth-order valence-electron chi connectivity index (χ4n) is 3.88. The molecule has 158 valence electrons. The number of aryl methyl sites for hydroxylation is 2. The third-order valence-electron chi connectivity index (χ3n) is 5.30. The molecular weight excluding hydrogens is 425 g/mol. The van der Waals surface area contributed by atoms with Crippen molar-refractivity contribution in [2.75, 3.05) is 27.5 Å². The fourth-order valence-corrected chi connectivity index (χ4v) is 6.64. The van der Waals surface area contributed by atoms with Crippen molar-refractivity contribution in [3.63, 3.8) is 0 Å². The van der Waals surface area contributed by atoms with Gasteiger partial charge < -0.3 is 10.2 Å². The Bertz CT molecular complexity index is 1110. The van der Waals surface area contributed by atoms with Crippen LogP contribution in [0.2, 0.25) is 0 Å². The molecule has 0 unspecified atom stereocenters. The third-order valence-corrected chi connectivity index (χ3v) is 7.96. The number of amides is 1. The zero-order valence-electron chi connectivity index (χ0n) is 16.6. The number of fused-ring (bicyclic) bond motifs is 1. The highest BCUT2D eigenvalue weighted by Crippen LogP contribution is 2.36. The van der Waals surface area contributed by atoms with Crippen LogP contribution < -0.4 is 10.2 Å². The van der Waals surface area contributed by atoms with Gasteiger partial charge >= 0.3 is 0 Å². The molecule has 1 amide bonds. The molecule has 2 atom stereocenters. The molecule has 2 heterocycles. The van der Waals surface area contributed by atoms with Crippen LogP contribution in [-0.2, 0) is 14.6 Å². The van der Waals surface area contributed by atoms with E-state index in [1.54, 1.807) is 23.1 Å². The summed E-state index contributed by atoms with van der Waals surface area (Å²) in [5, 5.41) is 3.40. The van der Waals surface area contributed by atoms with Crippen molar-refractivity contribution in [3.8, 4) is 0 Å². The average Bonchev–Trinajstić information content (AvgIpc) is 3.15. The number of hydrogen-bond donors (Lipinski definition) is 1. The van der Waals surface area contributed by atoms with Gasteiger partial charge in [0.15, 0.2) is 15.0 Å². The maximum Gasteiger partial charge on any atom is 0.234 e. The van der Waals surface area contributed by atoms with Gasteiger partial charge in [0.05, 0.1) is 35.0 Å². The van der Waals surface area contributed by atoms with E-state index in [1.807, 2.05) is 32.0 Å². The Morgan fingerprint density at radius 3 is 2.57 bits per heavy atom. The minimum Gasteiger partial charge on any atom is -0.325 e. The standard InChI is InChI=1S/C21H22FN3O3S2/c1-13-6-5-7-14(2)20(13)24-19(26)10-29-21-23-16-11-30(27,28)12-18(16)25(21)17-9-4-3-8-15(17)22/h3-9,16,18H,10-12H2,1-2H3,(H,24,26)/t16-,18+/m0/s1. The molecule has 0 aromatic heterocycles. The van der Waals surface area contributed by atoms with Crippen LogP contribution in [0.15, 0.2) is 47.5 Å². The zero-order valence-corrected chi connectivity index (χ0v) is 18.3. The summed E-state index contributed by atoms with van der Waals surface area (Å²) in [6.07, 6.45) is 0. The van der Waals surface area contributed by atoms with E-state index in [9.17, 15) is 17.6 Å². The number of carbonyl (C=O) groups is 1. The van der Waals surface area contributed by atoms with E-state index in [0.29, 0.717) is 5.17 Å². The van der Waals surface area contributed by atoms with Crippen LogP contribution in [0.3, 0.4) is 0 Å². The van der Waals surface area contributed by atoms with Crippen LogP contribution in [0, 0.1) is 19.7 Å². The molecular formula is C21H22FN3O3S2. The van der Waals surface area contributed by atoms with Crippen LogP contribution >= 0.6 is 11.8 Å². The van der Waals surface area contributed by atoms with Crippen molar-refractivity contribution in [2.24, 2.45) is 4.99 Å². The molecule has 30 heavy (non-hydrogen) atoms. The number of thioether (sulfide) groups is 1. The molecule has 2 aliphatic rings. The van der Waals surface area contributed by atoms with E-state index >= 15 is 0 Å². The number of para-hydroxylation sites is 2. The van der Waals surface area contributed by atoms with Crippen molar-refractivity contribution >= 4 is 44.0 Å². The summed E-state index contributed by atoms with van der Waals surface area (Å²) in [5.74, 6) is -0.687. The second-order valence-corrected chi connectivity index (χ2v) is 10.6. The summed E-state index contributed by atoms with van der Waals surface area (Å²) in [6, 6.07) is 11.1.